The molecule has 0 radical (unpaired) electrons. The first-order valence-electron chi connectivity index (χ1n) is 7.65. The van der Waals surface area contributed by atoms with Gasteiger partial charge in [-0.15, -0.1) is 0 Å². The number of thiol groups is 2. The van der Waals surface area contributed by atoms with Crippen molar-refractivity contribution in [1.82, 2.24) is 0 Å². The number of carbonyl (C=O) groups is 1. The second-order valence-electron chi connectivity index (χ2n) is 5.10. The van der Waals surface area contributed by atoms with E-state index in [2.05, 4.69) is 32.2 Å². The number of ether oxygens (including phenoxy) is 1. The van der Waals surface area contributed by atoms with Crippen LogP contribution in [0.1, 0.15) is 71.1 Å². The molecule has 2 nitrogen and oxygen atoms in total. The van der Waals surface area contributed by atoms with E-state index in [9.17, 15) is 4.79 Å². The molecule has 0 aromatic rings. The maximum absolute atomic E-state index is 11.4. The van der Waals surface area contributed by atoms with Gasteiger partial charge < -0.3 is 4.74 Å². The van der Waals surface area contributed by atoms with Gasteiger partial charge in [0.1, 0.15) is 6.61 Å². The number of hydrogen-bond acceptors (Lipinski definition) is 4. The van der Waals surface area contributed by atoms with Crippen LogP contribution in [0.25, 0.3) is 0 Å². The van der Waals surface area contributed by atoms with E-state index in [-0.39, 0.29) is 11.2 Å². The first kappa shape index (κ1) is 19.2. The summed E-state index contributed by atoms with van der Waals surface area (Å²) in [4.78, 5) is 11.4. The molecule has 0 aromatic heterocycles. The van der Waals surface area contributed by atoms with Crippen LogP contribution in [0.2, 0.25) is 0 Å². The number of rotatable bonds is 13. The first-order valence-corrected chi connectivity index (χ1v) is 8.80. The molecule has 4 heteroatoms. The highest BCUT2D eigenvalue weighted by Crippen LogP contribution is 2.11. The fraction of sp³-hybridized carbons (Fsp3) is 0.933. The summed E-state index contributed by atoms with van der Waals surface area (Å²) in [6.45, 7) is 2.62. The summed E-state index contributed by atoms with van der Waals surface area (Å²) in [7, 11) is 0. The van der Waals surface area contributed by atoms with Gasteiger partial charge >= 0.3 is 5.97 Å². The quantitative estimate of drug-likeness (QED) is 0.293. The Labute approximate surface area is 129 Å². The number of unbranched alkanes of at least 4 members (excludes halogenated alkanes) is 8. The van der Waals surface area contributed by atoms with Crippen LogP contribution in [0.4, 0.5) is 0 Å². The average molecular weight is 307 g/mol. The summed E-state index contributed by atoms with van der Waals surface area (Å²) < 4.78 is 5.10. The molecule has 0 saturated carbocycles. The SMILES string of the molecule is CCCCCCCCCCCC(=O)OCC(S)CS. The molecular formula is C15H30O2S2. The van der Waals surface area contributed by atoms with Crippen LogP contribution < -0.4 is 0 Å². The molecule has 0 rings (SSSR count). The molecule has 0 heterocycles. The lowest BCUT2D eigenvalue weighted by Crippen LogP contribution is -2.15. The van der Waals surface area contributed by atoms with Crippen molar-refractivity contribution in [3.63, 3.8) is 0 Å². The molecular weight excluding hydrogens is 276 g/mol. The summed E-state index contributed by atoms with van der Waals surface area (Å²) in [6.07, 6.45) is 11.9. The summed E-state index contributed by atoms with van der Waals surface area (Å²) in [5.74, 6) is 0.540. The second-order valence-corrected chi connectivity index (χ2v) is 6.19. The van der Waals surface area contributed by atoms with Crippen molar-refractivity contribution in [2.24, 2.45) is 0 Å². The summed E-state index contributed by atoms with van der Waals surface area (Å²) in [5, 5.41) is 0.0513. The van der Waals surface area contributed by atoms with Crippen LogP contribution in [-0.4, -0.2) is 23.6 Å². The van der Waals surface area contributed by atoms with Gasteiger partial charge in [0.25, 0.3) is 0 Å². The predicted molar refractivity (Wildman–Crippen MR) is 89.4 cm³/mol. The van der Waals surface area contributed by atoms with Gasteiger partial charge in [0.05, 0.1) is 0 Å². The van der Waals surface area contributed by atoms with Crippen molar-refractivity contribution >= 4 is 31.2 Å². The maximum atomic E-state index is 11.4. The summed E-state index contributed by atoms with van der Waals surface area (Å²) in [5.41, 5.74) is 0. The van der Waals surface area contributed by atoms with Crippen molar-refractivity contribution in [3.05, 3.63) is 0 Å². The molecule has 0 aromatic carbocycles. The highest BCUT2D eigenvalue weighted by atomic mass is 32.1. The highest BCUT2D eigenvalue weighted by molar-refractivity contribution is 7.84. The van der Waals surface area contributed by atoms with Crippen molar-refractivity contribution in [3.8, 4) is 0 Å². The third-order valence-corrected chi connectivity index (χ3v) is 4.19. The minimum absolute atomic E-state index is 0.0513. The molecule has 0 fully saturated rings. The van der Waals surface area contributed by atoms with E-state index >= 15 is 0 Å². The molecule has 19 heavy (non-hydrogen) atoms. The van der Waals surface area contributed by atoms with Crippen molar-refractivity contribution < 1.29 is 9.53 Å². The monoisotopic (exact) mass is 306 g/mol. The minimum atomic E-state index is -0.0937. The van der Waals surface area contributed by atoms with Gasteiger partial charge in [-0.1, -0.05) is 58.3 Å². The highest BCUT2D eigenvalue weighted by Gasteiger charge is 2.06. The largest absolute Gasteiger partial charge is 0.464 e. The van der Waals surface area contributed by atoms with Gasteiger partial charge in [0.15, 0.2) is 0 Å². The summed E-state index contributed by atoms with van der Waals surface area (Å²) in [6, 6.07) is 0. The molecule has 0 aliphatic carbocycles. The van der Waals surface area contributed by atoms with Crippen LogP contribution in [0.5, 0.6) is 0 Å². The first-order chi connectivity index (χ1) is 9.20. The fourth-order valence-corrected chi connectivity index (χ4v) is 2.07. The van der Waals surface area contributed by atoms with Gasteiger partial charge in [-0.3, -0.25) is 4.79 Å². The minimum Gasteiger partial charge on any atom is -0.464 e. The Hall–Kier alpha value is 0.170. The zero-order valence-corrected chi connectivity index (χ0v) is 14.1. The third-order valence-electron chi connectivity index (χ3n) is 3.13. The number of hydrogen-bond donors (Lipinski definition) is 2. The van der Waals surface area contributed by atoms with E-state index in [1.54, 1.807) is 0 Å². The van der Waals surface area contributed by atoms with Gasteiger partial charge in [-0.2, -0.15) is 25.3 Å². The maximum Gasteiger partial charge on any atom is 0.305 e. The van der Waals surface area contributed by atoms with Gasteiger partial charge in [-0.05, 0) is 6.42 Å². The van der Waals surface area contributed by atoms with E-state index in [0.717, 1.165) is 12.8 Å². The number of carbonyl (C=O) groups excluding carboxylic acids is 1. The molecule has 114 valence electrons. The molecule has 0 aliphatic rings. The Morgan fingerprint density at radius 1 is 1.00 bits per heavy atom. The van der Waals surface area contributed by atoms with Crippen LogP contribution >= 0.6 is 25.3 Å². The Morgan fingerprint density at radius 2 is 1.53 bits per heavy atom. The lowest BCUT2D eigenvalue weighted by molar-refractivity contribution is -0.143. The third kappa shape index (κ3) is 14.4. The zero-order valence-electron chi connectivity index (χ0n) is 12.3. The van der Waals surface area contributed by atoms with E-state index in [1.165, 1.54) is 44.9 Å². The molecule has 0 aliphatic heterocycles. The molecule has 0 saturated heterocycles. The molecule has 1 unspecified atom stereocenters. The lowest BCUT2D eigenvalue weighted by Gasteiger charge is -2.08. The van der Waals surface area contributed by atoms with E-state index in [0.29, 0.717) is 18.8 Å². The normalized spacial score (nSPS) is 12.4. The van der Waals surface area contributed by atoms with E-state index in [1.807, 2.05) is 0 Å². The van der Waals surface area contributed by atoms with Crippen LogP contribution in [0.3, 0.4) is 0 Å². The smallest absolute Gasteiger partial charge is 0.305 e. The zero-order chi connectivity index (χ0) is 14.3. The molecule has 0 spiro atoms. The van der Waals surface area contributed by atoms with Gasteiger partial charge in [-0.25, -0.2) is 0 Å². The Kier molecular flexibility index (Phi) is 14.7. The Bertz CT molecular complexity index is 210. The van der Waals surface area contributed by atoms with Crippen molar-refractivity contribution in [2.75, 3.05) is 12.4 Å². The van der Waals surface area contributed by atoms with E-state index < -0.39 is 0 Å². The fourth-order valence-electron chi connectivity index (χ4n) is 1.89. The molecule has 1 atom stereocenters. The number of esters is 1. The van der Waals surface area contributed by atoms with Crippen molar-refractivity contribution in [1.29, 1.82) is 0 Å². The van der Waals surface area contributed by atoms with Crippen LogP contribution in [0, 0.1) is 0 Å². The summed E-state index contributed by atoms with van der Waals surface area (Å²) >= 11 is 8.31. The lowest BCUT2D eigenvalue weighted by atomic mass is 10.1. The molecule has 0 amide bonds. The standard InChI is InChI=1S/C15H30O2S2/c1-2-3-4-5-6-7-8-9-10-11-15(16)17-12-14(19)13-18/h14,18-19H,2-13H2,1H3. The Balaban J connectivity index is 3.18. The Morgan fingerprint density at radius 3 is 2.05 bits per heavy atom. The molecule has 0 N–H and O–H groups in total. The van der Waals surface area contributed by atoms with Crippen LogP contribution in [-0.2, 0) is 9.53 Å². The second kappa shape index (κ2) is 14.6. The van der Waals surface area contributed by atoms with E-state index in [4.69, 9.17) is 4.74 Å². The van der Waals surface area contributed by atoms with Crippen LogP contribution in [0.15, 0.2) is 0 Å². The predicted octanol–water partition coefficient (Wildman–Crippen LogP) is 4.68. The van der Waals surface area contributed by atoms with Crippen molar-refractivity contribution in [2.45, 2.75) is 76.4 Å². The van der Waals surface area contributed by atoms with Gasteiger partial charge in [0.2, 0.25) is 0 Å². The van der Waals surface area contributed by atoms with Gasteiger partial charge in [0, 0.05) is 17.4 Å². The molecule has 0 bridgehead atoms. The average Bonchev–Trinajstić information content (AvgIpc) is 2.42. The topological polar surface area (TPSA) is 26.3 Å².